The highest BCUT2D eigenvalue weighted by molar-refractivity contribution is 5.95. The Hall–Kier alpha value is -5.02. The molecule has 13 nitrogen and oxygen atoms in total. The zero-order chi connectivity index (χ0) is 36.0. The van der Waals surface area contributed by atoms with Gasteiger partial charge in [-0.2, -0.15) is 0 Å². The lowest BCUT2D eigenvalue weighted by Crippen LogP contribution is -2.49. The molecule has 1 unspecified atom stereocenters. The van der Waals surface area contributed by atoms with Gasteiger partial charge in [-0.25, -0.2) is 8.78 Å². The lowest BCUT2D eigenvalue weighted by atomic mass is 10.1. The molecule has 3 aromatic heterocycles. The van der Waals surface area contributed by atoms with Crippen molar-refractivity contribution in [2.45, 2.75) is 44.8 Å². The normalized spacial score (nSPS) is 20.9. The highest BCUT2D eigenvalue weighted by Gasteiger charge is 2.34. The van der Waals surface area contributed by atoms with Crippen LogP contribution in [0.4, 0.5) is 20.2 Å². The van der Waals surface area contributed by atoms with Crippen LogP contribution in [0.25, 0.3) is 44.7 Å². The van der Waals surface area contributed by atoms with E-state index in [2.05, 4.69) is 20.4 Å². The van der Waals surface area contributed by atoms with Crippen LogP contribution in [0, 0.1) is 11.6 Å². The smallest absolute Gasteiger partial charge is 0.253 e. The van der Waals surface area contributed by atoms with E-state index < -0.39 is 22.5 Å². The lowest BCUT2D eigenvalue weighted by molar-refractivity contribution is 0.245. The maximum atomic E-state index is 16.0. The van der Waals surface area contributed by atoms with E-state index >= 15 is 8.78 Å². The number of methoxy groups -OCH3 is 1. The van der Waals surface area contributed by atoms with Gasteiger partial charge >= 0.3 is 0 Å². The minimum absolute atomic E-state index is 0.0696. The van der Waals surface area contributed by atoms with Crippen LogP contribution in [-0.4, -0.2) is 96.9 Å². The molecule has 2 saturated heterocycles. The van der Waals surface area contributed by atoms with Gasteiger partial charge in [0.1, 0.15) is 29.1 Å². The van der Waals surface area contributed by atoms with Gasteiger partial charge in [-0.15, -0.1) is 10.2 Å². The molecular weight excluding hydrogens is 674 g/mol. The second-order valence-corrected chi connectivity index (χ2v) is 14.5. The molecule has 4 aliphatic rings. The zero-order valence-electron chi connectivity index (χ0n) is 29.5. The quantitative estimate of drug-likeness (QED) is 0.273. The van der Waals surface area contributed by atoms with Gasteiger partial charge in [0, 0.05) is 70.3 Å². The summed E-state index contributed by atoms with van der Waals surface area (Å²) in [5.41, 5.74) is 0.868. The number of hydrogen-bond acceptors (Lipinski definition) is 11. The molecule has 2 aromatic carbocycles. The van der Waals surface area contributed by atoms with Gasteiger partial charge in [0.25, 0.3) is 11.8 Å². The number of pyridine rings is 2. The first-order valence-electron chi connectivity index (χ1n) is 17.9. The molecule has 0 bridgehead atoms. The van der Waals surface area contributed by atoms with Crippen LogP contribution in [0.5, 0.6) is 11.5 Å². The second kappa shape index (κ2) is 12.3. The van der Waals surface area contributed by atoms with Gasteiger partial charge in [0.2, 0.25) is 10.9 Å². The number of nitrogens with one attached hydrogen (secondary N) is 1. The van der Waals surface area contributed by atoms with Gasteiger partial charge in [0.15, 0.2) is 23.1 Å². The molecule has 15 heteroatoms. The zero-order valence-corrected chi connectivity index (χ0v) is 29.5. The van der Waals surface area contributed by atoms with Crippen LogP contribution in [0.2, 0.25) is 0 Å². The minimum atomic E-state index is -0.556. The molecule has 1 aliphatic carbocycles. The van der Waals surface area contributed by atoms with E-state index in [4.69, 9.17) is 13.9 Å². The molecule has 52 heavy (non-hydrogen) atoms. The van der Waals surface area contributed by atoms with Crippen LogP contribution < -0.4 is 35.4 Å². The van der Waals surface area contributed by atoms with Gasteiger partial charge in [-0.1, -0.05) is 0 Å². The van der Waals surface area contributed by atoms with Gasteiger partial charge < -0.3 is 43.0 Å². The van der Waals surface area contributed by atoms with E-state index in [9.17, 15) is 9.59 Å². The van der Waals surface area contributed by atoms with Crippen molar-refractivity contribution in [2.24, 2.45) is 0 Å². The van der Waals surface area contributed by atoms with E-state index in [0.29, 0.717) is 66.6 Å². The average Bonchev–Trinajstić information content (AvgIpc) is 3.87. The van der Waals surface area contributed by atoms with Gasteiger partial charge in [-0.05, 0) is 45.9 Å². The van der Waals surface area contributed by atoms with Crippen molar-refractivity contribution in [3.8, 4) is 34.4 Å². The van der Waals surface area contributed by atoms with Crippen LogP contribution in [-0.2, 0) is 0 Å². The van der Waals surface area contributed by atoms with E-state index in [1.54, 1.807) is 12.4 Å². The predicted octanol–water partition coefficient (Wildman–Crippen LogP) is 4.16. The Morgan fingerprint density at radius 1 is 0.846 bits per heavy atom. The van der Waals surface area contributed by atoms with Crippen molar-refractivity contribution >= 4 is 33.2 Å². The summed E-state index contributed by atoms with van der Waals surface area (Å²) >= 11 is 0. The number of likely N-dealkylation sites (N-methyl/N-ethyl adjacent to an activating group) is 1. The molecular formula is C37H40F2N8O5. The van der Waals surface area contributed by atoms with Crippen molar-refractivity contribution in [3.05, 3.63) is 56.6 Å². The number of fused-ring (bicyclic) bond motifs is 1. The number of anilines is 2. The summed E-state index contributed by atoms with van der Waals surface area (Å²) in [6, 6.07) is 2.57. The maximum absolute atomic E-state index is 16.0. The Balaban J connectivity index is 1.17. The highest BCUT2D eigenvalue weighted by Crippen LogP contribution is 2.45. The number of ether oxygens (including phenoxy) is 2. The van der Waals surface area contributed by atoms with Crippen molar-refractivity contribution in [1.82, 2.24) is 29.5 Å². The van der Waals surface area contributed by atoms with Gasteiger partial charge in [0.05, 0.1) is 35.0 Å². The number of halogens is 2. The Kier molecular flexibility index (Phi) is 7.77. The number of benzene rings is 2. The van der Waals surface area contributed by atoms with E-state index in [1.807, 2.05) is 39.8 Å². The number of aromatic nitrogens is 4. The van der Waals surface area contributed by atoms with Crippen LogP contribution in [0.15, 0.2) is 38.5 Å². The predicted molar refractivity (Wildman–Crippen MR) is 193 cm³/mol. The standard InChI is InChI=1S/C37H40F2N8O5/c1-19-15-45(8-7-40-19)30-26(38)13-22-28(34(30)50-4)47(21-5-6-21)17-25(32(22)48)37-42-41-36(52-37)24-16-46-20(2)18-51-35-29(46)23(33(24)49)14-27(39)31(35)44-11-9-43(3)10-12-44/h13-14,16-17,19-21,40H,5-12,15,18H2,1-4H3/t19?,20-/m1/s1. The third kappa shape index (κ3) is 5.15. The number of piperazine rings is 2. The molecule has 3 aliphatic heterocycles. The van der Waals surface area contributed by atoms with Crippen LogP contribution >= 0.6 is 0 Å². The molecule has 6 heterocycles. The molecule has 3 fully saturated rings. The summed E-state index contributed by atoms with van der Waals surface area (Å²) in [4.78, 5) is 34.4. The summed E-state index contributed by atoms with van der Waals surface area (Å²) in [5.74, 6) is -0.657. The van der Waals surface area contributed by atoms with E-state index in [-0.39, 0.29) is 58.4 Å². The SMILES string of the molecule is COc1c(N2CCNC(C)C2)c(F)cc2c(=O)c(-c3nnc(-c4cn5c6c(c(N7CCN(C)CC7)c(F)cc6c4=O)OC[C@H]5C)o3)cn(C3CC3)c12. The Bertz CT molecular complexity index is 2380. The third-order valence-corrected chi connectivity index (χ3v) is 10.9. The van der Waals surface area contributed by atoms with E-state index in [0.717, 1.165) is 25.9 Å². The number of rotatable bonds is 6. The minimum Gasteiger partial charge on any atom is -0.492 e. The molecule has 0 spiro atoms. The van der Waals surface area contributed by atoms with Gasteiger partial charge in [-0.3, -0.25) is 9.59 Å². The van der Waals surface area contributed by atoms with Crippen molar-refractivity contribution in [3.63, 3.8) is 0 Å². The average molecular weight is 715 g/mol. The highest BCUT2D eigenvalue weighted by atomic mass is 19.1. The second-order valence-electron chi connectivity index (χ2n) is 14.5. The fraction of sp³-hybridized carbons (Fsp3) is 0.459. The Morgan fingerprint density at radius 2 is 1.48 bits per heavy atom. The molecule has 2 atom stereocenters. The topological polar surface area (TPSA) is 123 Å². The first-order chi connectivity index (χ1) is 25.1. The fourth-order valence-electron chi connectivity index (χ4n) is 7.99. The summed E-state index contributed by atoms with van der Waals surface area (Å²) in [6.45, 7) is 8.95. The fourth-order valence-corrected chi connectivity index (χ4v) is 7.99. The maximum Gasteiger partial charge on any atom is 0.253 e. The lowest BCUT2D eigenvalue weighted by Gasteiger charge is -2.37. The molecule has 5 aromatic rings. The number of hydrogen-bond donors (Lipinski definition) is 1. The molecule has 1 N–H and O–H groups in total. The monoisotopic (exact) mass is 714 g/mol. The molecule has 272 valence electrons. The largest absolute Gasteiger partial charge is 0.492 e. The Morgan fingerprint density at radius 3 is 2.12 bits per heavy atom. The first kappa shape index (κ1) is 32.9. The van der Waals surface area contributed by atoms with Crippen molar-refractivity contribution < 1.29 is 22.7 Å². The molecule has 0 radical (unpaired) electrons. The first-order valence-corrected chi connectivity index (χ1v) is 17.9. The third-order valence-electron chi connectivity index (χ3n) is 10.9. The van der Waals surface area contributed by atoms with Crippen molar-refractivity contribution in [2.75, 3.05) is 76.4 Å². The van der Waals surface area contributed by atoms with Crippen molar-refractivity contribution in [1.29, 1.82) is 0 Å². The van der Waals surface area contributed by atoms with Crippen LogP contribution in [0.1, 0.15) is 38.8 Å². The summed E-state index contributed by atoms with van der Waals surface area (Å²) in [7, 11) is 3.52. The molecule has 0 amide bonds. The summed E-state index contributed by atoms with van der Waals surface area (Å²) in [5, 5.41) is 12.1. The summed E-state index contributed by atoms with van der Waals surface area (Å²) < 4.78 is 53.9. The molecule has 9 rings (SSSR count). The van der Waals surface area contributed by atoms with E-state index in [1.165, 1.54) is 19.2 Å². The molecule has 1 saturated carbocycles. The Labute approximate surface area is 297 Å². The van der Waals surface area contributed by atoms with Crippen LogP contribution in [0.3, 0.4) is 0 Å². The number of nitrogens with zero attached hydrogens (tertiary/aromatic N) is 7. The summed E-state index contributed by atoms with van der Waals surface area (Å²) in [6.07, 6.45) is 5.06.